The van der Waals surface area contributed by atoms with Crippen LogP contribution in [-0.2, 0) is 4.79 Å². The molecular weight excluding hydrogens is 256 g/mol. The van der Waals surface area contributed by atoms with Gasteiger partial charge < -0.3 is 10.6 Å². The summed E-state index contributed by atoms with van der Waals surface area (Å²) in [6, 6.07) is 2.26. The SMILES string of the molecule is Cc1cc(C(C)NC(=O)C2(C)CCCCN2)c(C)s1. The van der Waals surface area contributed by atoms with Gasteiger partial charge in [-0.2, -0.15) is 0 Å². The smallest absolute Gasteiger partial charge is 0.240 e. The minimum atomic E-state index is -0.397. The topological polar surface area (TPSA) is 41.1 Å². The molecule has 0 spiro atoms. The summed E-state index contributed by atoms with van der Waals surface area (Å²) in [7, 11) is 0. The number of hydrogen-bond donors (Lipinski definition) is 2. The van der Waals surface area contributed by atoms with Gasteiger partial charge >= 0.3 is 0 Å². The molecule has 0 aromatic carbocycles. The maximum Gasteiger partial charge on any atom is 0.240 e. The van der Waals surface area contributed by atoms with Crippen molar-refractivity contribution in [2.24, 2.45) is 0 Å². The average Bonchev–Trinajstić information content (AvgIpc) is 2.69. The maximum absolute atomic E-state index is 12.5. The standard InChI is InChI=1S/C15H24N2OS/c1-10-9-13(12(3)19-10)11(2)17-14(18)15(4)7-5-6-8-16-15/h9,11,16H,5-8H2,1-4H3,(H,17,18). The highest BCUT2D eigenvalue weighted by Gasteiger charge is 2.35. The summed E-state index contributed by atoms with van der Waals surface area (Å²) in [6.07, 6.45) is 3.22. The lowest BCUT2D eigenvalue weighted by atomic mass is 9.89. The van der Waals surface area contributed by atoms with Crippen molar-refractivity contribution < 1.29 is 4.79 Å². The summed E-state index contributed by atoms with van der Waals surface area (Å²) in [5.41, 5.74) is 0.848. The van der Waals surface area contributed by atoms with E-state index in [-0.39, 0.29) is 11.9 Å². The van der Waals surface area contributed by atoms with Crippen molar-refractivity contribution in [1.29, 1.82) is 0 Å². The summed E-state index contributed by atoms with van der Waals surface area (Å²) in [6.45, 7) is 9.25. The zero-order valence-corrected chi connectivity index (χ0v) is 13.1. The van der Waals surface area contributed by atoms with E-state index in [1.165, 1.54) is 21.7 Å². The number of aryl methyl sites for hydroxylation is 2. The zero-order valence-electron chi connectivity index (χ0n) is 12.3. The summed E-state index contributed by atoms with van der Waals surface area (Å²) in [5, 5.41) is 6.53. The normalized spacial score (nSPS) is 25.1. The quantitative estimate of drug-likeness (QED) is 0.893. The summed E-state index contributed by atoms with van der Waals surface area (Å²) in [5.74, 6) is 0.128. The Morgan fingerprint density at radius 2 is 2.21 bits per heavy atom. The molecule has 3 nitrogen and oxygen atoms in total. The monoisotopic (exact) mass is 280 g/mol. The summed E-state index contributed by atoms with van der Waals surface area (Å²) >= 11 is 1.79. The molecule has 19 heavy (non-hydrogen) atoms. The van der Waals surface area contributed by atoms with Crippen molar-refractivity contribution in [2.75, 3.05) is 6.54 Å². The predicted octanol–water partition coefficient (Wildman–Crippen LogP) is 3.07. The number of rotatable bonds is 3. The molecular formula is C15H24N2OS. The van der Waals surface area contributed by atoms with Crippen LogP contribution in [0.1, 0.15) is 54.5 Å². The van der Waals surface area contributed by atoms with Gasteiger partial charge in [-0.15, -0.1) is 11.3 Å². The maximum atomic E-state index is 12.5. The molecule has 1 aromatic heterocycles. The highest BCUT2D eigenvalue weighted by Crippen LogP contribution is 2.27. The van der Waals surface area contributed by atoms with Crippen molar-refractivity contribution >= 4 is 17.2 Å². The van der Waals surface area contributed by atoms with E-state index in [4.69, 9.17) is 0 Å². The van der Waals surface area contributed by atoms with Crippen LogP contribution in [0.2, 0.25) is 0 Å². The van der Waals surface area contributed by atoms with Crippen LogP contribution in [0.15, 0.2) is 6.07 Å². The van der Waals surface area contributed by atoms with Gasteiger partial charge in [0.25, 0.3) is 0 Å². The van der Waals surface area contributed by atoms with E-state index in [9.17, 15) is 4.79 Å². The molecule has 1 fully saturated rings. The molecule has 2 heterocycles. The van der Waals surface area contributed by atoms with Crippen LogP contribution >= 0.6 is 11.3 Å². The lowest BCUT2D eigenvalue weighted by molar-refractivity contribution is -0.128. The second-order valence-corrected chi connectivity index (χ2v) is 7.24. The Bertz CT molecular complexity index is 461. The average molecular weight is 280 g/mol. The number of thiophene rings is 1. The largest absolute Gasteiger partial charge is 0.348 e. The number of amides is 1. The first-order valence-electron chi connectivity index (χ1n) is 7.05. The molecule has 1 saturated heterocycles. The number of nitrogens with one attached hydrogen (secondary N) is 2. The lowest BCUT2D eigenvalue weighted by Gasteiger charge is -2.34. The third-order valence-corrected chi connectivity index (χ3v) is 5.00. The molecule has 1 aliphatic heterocycles. The first kappa shape index (κ1) is 14.5. The van der Waals surface area contributed by atoms with E-state index in [2.05, 4.69) is 37.5 Å². The molecule has 0 radical (unpaired) electrons. The molecule has 0 aliphatic carbocycles. The van der Waals surface area contributed by atoms with Crippen molar-refractivity contribution in [3.8, 4) is 0 Å². The van der Waals surface area contributed by atoms with E-state index in [0.717, 1.165) is 19.4 Å². The van der Waals surface area contributed by atoms with E-state index in [1.807, 2.05) is 6.92 Å². The third kappa shape index (κ3) is 3.18. The number of hydrogen-bond acceptors (Lipinski definition) is 3. The van der Waals surface area contributed by atoms with Crippen LogP contribution in [0, 0.1) is 13.8 Å². The lowest BCUT2D eigenvalue weighted by Crippen LogP contribution is -2.57. The van der Waals surface area contributed by atoms with E-state index in [0.29, 0.717) is 0 Å². The molecule has 2 N–H and O–H groups in total. The van der Waals surface area contributed by atoms with Gasteiger partial charge in [-0.25, -0.2) is 0 Å². The molecule has 4 heteroatoms. The molecule has 1 aromatic rings. The number of piperidine rings is 1. The highest BCUT2D eigenvalue weighted by molar-refractivity contribution is 7.12. The third-order valence-electron chi connectivity index (χ3n) is 4.01. The molecule has 2 unspecified atom stereocenters. The van der Waals surface area contributed by atoms with Gasteiger partial charge in [0.15, 0.2) is 0 Å². The van der Waals surface area contributed by atoms with Crippen molar-refractivity contribution in [3.05, 3.63) is 21.4 Å². The van der Waals surface area contributed by atoms with Crippen LogP contribution in [-0.4, -0.2) is 18.0 Å². The van der Waals surface area contributed by atoms with Gasteiger partial charge in [-0.3, -0.25) is 4.79 Å². The van der Waals surface area contributed by atoms with Gasteiger partial charge in [0.05, 0.1) is 11.6 Å². The number of carbonyl (C=O) groups is 1. The second-order valence-electron chi connectivity index (χ2n) is 5.78. The predicted molar refractivity (Wildman–Crippen MR) is 80.6 cm³/mol. The Kier molecular flexibility index (Phi) is 4.31. The fourth-order valence-electron chi connectivity index (χ4n) is 2.76. The minimum Gasteiger partial charge on any atom is -0.348 e. The Morgan fingerprint density at radius 1 is 1.47 bits per heavy atom. The van der Waals surface area contributed by atoms with E-state index >= 15 is 0 Å². The fraction of sp³-hybridized carbons (Fsp3) is 0.667. The minimum absolute atomic E-state index is 0.0815. The zero-order chi connectivity index (χ0) is 14.0. The second kappa shape index (κ2) is 5.63. The Hall–Kier alpha value is -0.870. The Morgan fingerprint density at radius 3 is 2.74 bits per heavy atom. The molecule has 106 valence electrons. The Balaban J connectivity index is 2.04. The molecule has 1 amide bonds. The van der Waals surface area contributed by atoms with Gasteiger partial charge in [-0.05, 0) is 65.1 Å². The summed E-state index contributed by atoms with van der Waals surface area (Å²) in [4.78, 5) is 15.1. The molecule has 0 saturated carbocycles. The fourth-order valence-corrected chi connectivity index (χ4v) is 3.79. The summed E-state index contributed by atoms with van der Waals surface area (Å²) < 4.78 is 0. The van der Waals surface area contributed by atoms with Gasteiger partial charge in [0, 0.05) is 9.75 Å². The first-order chi connectivity index (χ1) is 8.92. The molecule has 2 rings (SSSR count). The van der Waals surface area contributed by atoms with Crippen LogP contribution in [0.25, 0.3) is 0 Å². The van der Waals surface area contributed by atoms with Crippen molar-refractivity contribution in [1.82, 2.24) is 10.6 Å². The van der Waals surface area contributed by atoms with Crippen molar-refractivity contribution in [2.45, 2.75) is 58.5 Å². The van der Waals surface area contributed by atoms with Gasteiger partial charge in [0.1, 0.15) is 0 Å². The number of carbonyl (C=O) groups excluding carboxylic acids is 1. The molecule has 2 atom stereocenters. The molecule has 0 bridgehead atoms. The van der Waals surface area contributed by atoms with E-state index < -0.39 is 5.54 Å². The van der Waals surface area contributed by atoms with Crippen LogP contribution < -0.4 is 10.6 Å². The van der Waals surface area contributed by atoms with Gasteiger partial charge in [0.2, 0.25) is 5.91 Å². The van der Waals surface area contributed by atoms with Crippen molar-refractivity contribution in [3.63, 3.8) is 0 Å². The van der Waals surface area contributed by atoms with E-state index in [1.54, 1.807) is 11.3 Å². The van der Waals surface area contributed by atoms with Crippen LogP contribution in [0.4, 0.5) is 0 Å². The first-order valence-corrected chi connectivity index (χ1v) is 7.87. The van der Waals surface area contributed by atoms with Gasteiger partial charge in [-0.1, -0.05) is 0 Å². The molecule has 1 aliphatic rings. The Labute approximate surface area is 119 Å². The van der Waals surface area contributed by atoms with Crippen LogP contribution in [0.3, 0.4) is 0 Å². The van der Waals surface area contributed by atoms with Crippen LogP contribution in [0.5, 0.6) is 0 Å². The highest BCUT2D eigenvalue weighted by atomic mass is 32.1.